The van der Waals surface area contributed by atoms with Crippen LogP contribution in [0.5, 0.6) is 0 Å². The average molecular weight is 380 g/mol. The zero-order valence-corrected chi connectivity index (χ0v) is 15.9. The molecule has 0 atom stereocenters. The van der Waals surface area contributed by atoms with Crippen LogP contribution in [0.2, 0.25) is 0 Å². The molecule has 1 aliphatic rings. The first-order valence-corrected chi connectivity index (χ1v) is 10.1. The summed E-state index contributed by atoms with van der Waals surface area (Å²) in [4.78, 5) is 9.56. The van der Waals surface area contributed by atoms with E-state index < -0.39 is 0 Å². The molecule has 4 rings (SSSR count). The van der Waals surface area contributed by atoms with E-state index >= 15 is 0 Å². The Labute approximate surface area is 163 Å². The fourth-order valence-corrected chi connectivity index (χ4v) is 4.08. The van der Waals surface area contributed by atoms with Gasteiger partial charge >= 0.3 is 0 Å². The molecule has 0 N–H and O–H groups in total. The lowest BCUT2D eigenvalue weighted by Crippen LogP contribution is -2.46. The van der Waals surface area contributed by atoms with Gasteiger partial charge in [-0.15, -0.1) is 11.3 Å². The van der Waals surface area contributed by atoms with E-state index in [0.717, 1.165) is 49.1 Å². The number of halogens is 1. The van der Waals surface area contributed by atoms with Gasteiger partial charge in [-0.2, -0.15) is 0 Å². The number of nitrogens with zero attached hydrogens (tertiary/aromatic N) is 3. The van der Waals surface area contributed by atoms with Gasteiger partial charge in [0, 0.05) is 43.7 Å². The molecule has 0 bridgehead atoms. The molecule has 0 spiro atoms. The van der Waals surface area contributed by atoms with E-state index in [2.05, 4.69) is 51.6 Å². The predicted octanol–water partition coefficient (Wildman–Crippen LogP) is 4.78. The summed E-state index contributed by atoms with van der Waals surface area (Å²) < 4.78 is 13.1. The summed E-state index contributed by atoms with van der Waals surface area (Å²) in [5, 5.41) is 3.10. The normalized spacial score (nSPS) is 15.5. The summed E-state index contributed by atoms with van der Waals surface area (Å²) in [6, 6.07) is 16.9. The number of thiazole rings is 1. The molecule has 0 aliphatic carbocycles. The van der Waals surface area contributed by atoms with Crippen LogP contribution >= 0.6 is 11.3 Å². The number of rotatable bonds is 5. The molecule has 1 aliphatic heterocycles. The highest BCUT2D eigenvalue weighted by molar-refractivity contribution is 7.14. The fraction of sp³-hybridized carbons (Fsp3) is 0.227. The Bertz CT molecular complexity index is 881. The molecule has 1 aromatic heterocycles. The van der Waals surface area contributed by atoms with Gasteiger partial charge in [-0.3, -0.25) is 4.90 Å². The number of aromatic nitrogens is 1. The third kappa shape index (κ3) is 4.62. The Morgan fingerprint density at radius 2 is 1.70 bits per heavy atom. The monoisotopic (exact) mass is 379 g/mol. The number of hydrogen-bond acceptors (Lipinski definition) is 4. The molecule has 138 valence electrons. The molecule has 2 heterocycles. The summed E-state index contributed by atoms with van der Waals surface area (Å²) in [7, 11) is 0. The lowest BCUT2D eigenvalue weighted by atomic mass is 10.2. The Balaban J connectivity index is 1.30. The molecule has 3 nitrogen and oxygen atoms in total. The number of anilines is 1. The van der Waals surface area contributed by atoms with Crippen molar-refractivity contribution in [1.82, 2.24) is 9.88 Å². The van der Waals surface area contributed by atoms with Gasteiger partial charge in [-0.1, -0.05) is 42.5 Å². The van der Waals surface area contributed by atoms with E-state index in [4.69, 9.17) is 4.98 Å². The molecule has 27 heavy (non-hydrogen) atoms. The van der Waals surface area contributed by atoms with Crippen molar-refractivity contribution in [3.63, 3.8) is 0 Å². The van der Waals surface area contributed by atoms with Crippen molar-refractivity contribution in [1.29, 1.82) is 0 Å². The van der Waals surface area contributed by atoms with Crippen molar-refractivity contribution in [2.24, 2.45) is 0 Å². The number of benzene rings is 2. The second-order valence-corrected chi connectivity index (χ2v) is 7.46. The molecule has 2 aromatic carbocycles. The third-order valence-corrected chi connectivity index (χ3v) is 5.65. The van der Waals surface area contributed by atoms with Gasteiger partial charge in [-0.25, -0.2) is 9.37 Å². The number of hydrogen-bond donors (Lipinski definition) is 0. The largest absolute Gasteiger partial charge is 0.346 e. The molecule has 0 unspecified atom stereocenters. The quantitative estimate of drug-likeness (QED) is 0.636. The molecule has 5 heteroatoms. The Kier molecular flexibility index (Phi) is 5.61. The van der Waals surface area contributed by atoms with Crippen LogP contribution in [0.1, 0.15) is 5.56 Å². The SMILES string of the molecule is Fc1ccc(-c2csc(N3CCN(C/C=C\c4ccccc4)CC3)n2)cc1. The van der Waals surface area contributed by atoms with Crippen LogP contribution in [0.25, 0.3) is 17.3 Å². The van der Waals surface area contributed by atoms with Crippen LogP contribution in [0.3, 0.4) is 0 Å². The summed E-state index contributed by atoms with van der Waals surface area (Å²) in [5.41, 5.74) is 3.12. The van der Waals surface area contributed by atoms with Crippen molar-refractivity contribution in [2.45, 2.75) is 0 Å². The molecule has 0 saturated carbocycles. The van der Waals surface area contributed by atoms with E-state index in [0.29, 0.717) is 0 Å². The maximum absolute atomic E-state index is 13.1. The molecular weight excluding hydrogens is 357 g/mol. The van der Waals surface area contributed by atoms with Gasteiger partial charge in [0.25, 0.3) is 0 Å². The van der Waals surface area contributed by atoms with Crippen molar-refractivity contribution >= 4 is 22.5 Å². The maximum Gasteiger partial charge on any atom is 0.185 e. The molecular formula is C22H22FN3S. The van der Waals surface area contributed by atoms with Gasteiger partial charge < -0.3 is 4.90 Å². The zero-order valence-electron chi connectivity index (χ0n) is 15.1. The Hall–Kier alpha value is -2.50. The highest BCUT2D eigenvalue weighted by Gasteiger charge is 2.19. The van der Waals surface area contributed by atoms with Crippen LogP contribution in [-0.2, 0) is 0 Å². The average Bonchev–Trinajstić information content (AvgIpc) is 3.20. The minimum atomic E-state index is -0.216. The molecule has 1 saturated heterocycles. The van der Waals surface area contributed by atoms with E-state index in [1.807, 2.05) is 6.07 Å². The maximum atomic E-state index is 13.1. The van der Waals surface area contributed by atoms with Crippen LogP contribution in [0.4, 0.5) is 9.52 Å². The van der Waals surface area contributed by atoms with Crippen molar-refractivity contribution in [2.75, 3.05) is 37.6 Å². The lowest BCUT2D eigenvalue weighted by molar-refractivity contribution is 0.284. The van der Waals surface area contributed by atoms with E-state index in [9.17, 15) is 4.39 Å². The van der Waals surface area contributed by atoms with Gasteiger partial charge in [0.15, 0.2) is 5.13 Å². The minimum Gasteiger partial charge on any atom is -0.346 e. The van der Waals surface area contributed by atoms with Gasteiger partial charge in [0.1, 0.15) is 5.82 Å². The van der Waals surface area contributed by atoms with Crippen LogP contribution in [0.15, 0.2) is 66.1 Å². The van der Waals surface area contributed by atoms with Crippen molar-refractivity contribution in [3.8, 4) is 11.3 Å². The molecule has 1 fully saturated rings. The Morgan fingerprint density at radius 3 is 2.44 bits per heavy atom. The van der Waals surface area contributed by atoms with E-state index in [1.54, 1.807) is 23.5 Å². The van der Waals surface area contributed by atoms with Crippen LogP contribution < -0.4 is 4.90 Å². The molecule has 0 radical (unpaired) electrons. The second kappa shape index (κ2) is 8.46. The first kappa shape index (κ1) is 17.9. The minimum absolute atomic E-state index is 0.216. The predicted molar refractivity (Wildman–Crippen MR) is 112 cm³/mol. The fourth-order valence-electron chi connectivity index (χ4n) is 3.19. The van der Waals surface area contributed by atoms with Crippen molar-refractivity contribution < 1.29 is 4.39 Å². The zero-order chi connectivity index (χ0) is 18.5. The summed E-state index contributed by atoms with van der Waals surface area (Å²) in [6.45, 7) is 5.00. The van der Waals surface area contributed by atoms with E-state index in [1.165, 1.54) is 17.7 Å². The van der Waals surface area contributed by atoms with Gasteiger partial charge in [-0.05, 0) is 29.8 Å². The molecule has 3 aromatic rings. The van der Waals surface area contributed by atoms with Crippen LogP contribution in [-0.4, -0.2) is 42.6 Å². The highest BCUT2D eigenvalue weighted by Crippen LogP contribution is 2.28. The van der Waals surface area contributed by atoms with Crippen LogP contribution in [0, 0.1) is 5.82 Å². The topological polar surface area (TPSA) is 19.4 Å². The Morgan fingerprint density at radius 1 is 0.963 bits per heavy atom. The van der Waals surface area contributed by atoms with Gasteiger partial charge in [0.2, 0.25) is 0 Å². The summed E-state index contributed by atoms with van der Waals surface area (Å²) in [5.74, 6) is -0.216. The van der Waals surface area contributed by atoms with Gasteiger partial charge in [0.05, 0.1) is 5.69 Å². The summed E-state index contributed by atoms with van der Waals surface area (Å²) in [6.07, 6.45) is 4.42. The summed E-state index contributed by atoms with van der Waals surface area (Å²) >= 11 is 1.66. The number of piperazine rings is 1. The highest BCUT2D eigenvalue weighted by atomic mass is 32.1. The second-order valence-electron chi connectivity index (χ2n) is 6.62. The van der Waals surface area contributed by atoms with Crippen molar-refractivity contribution in [3.05, 3.63) is 77.4 Å². The van der Waals surface area contributed by atoms with E-state index in [-0.39, 0.29) is 5.82 Å². The third-order valence-electron chi connectivity index (χ3n) is 4.75. The standard InChI is InChI=1S/C22H22FN3S/c23-20-10-8-19(9-11-20)21-17-27-22(24-21)26-15-13-25(14-16-26)12-4-7-18-5-2-1-3-6-18/h1-11,17H,12-16H2/b7-4-. The first-order valence-electron chi connectivity index (χ1n) is 9.18. The molecule has 0 amide bonds. The first-order chi connectivity index (χ1) is 13.3. The lowest BCUT2D eigenvalue weighted by Gasteiger charge is -2.33. The smallest absolute Gasteiger partial charge is 0.185 e.